The van der Waals surface area contributed by atoms with Gasteiger partial charge >= 0.3 is 6.18 Å². The molecule has 1 amide bonds. The molecular weight excluding hydrogens is 421 g/mol. The number of nitrogens with one attached hydrogen (secondary N) is 1. The van der Waals surface area contributed by atoms with Crippen LogP contribution in [-0.2, 0) is 19.3 Å². The molecule has 1 aliphatic rings. The minimum Gasteiger partial charge on any atom is -0.346 e. The van der Waals surface area contributed by atoms with Crippen molar-refractivity contribution < 1.29 is 18.0 Å². The highest BCUT2D eigenvalue weighted by molar-refractivity contribution is 5.94. The van der Waals surface area contributed by atoms with E-state index in [1.54, 1.807) is 24.3 Å². The maximum Gasteiger partial charge on any atom is 0.416 e. The lowest BCUT2D eigenvalue weighted by Crippen LogP contribution is -2.32. The molecule has 1 saturated heterocycles. The number of benzene rings is 2. The van der Waals surface area contributed by atoms with Crippen molar-refractivity contribution in [3.05, 3.63) is 75.7 Å². The van der Waals surface area contributed by atoms with Gasteiger partial charge in [-0.15, -0.1) is 0 Å². The van der Waals surface area contributed by atoms with Crippen LogP contribution in [0.25, 0.3) is 10.8 Å². The van der Waals surface area contributed by atoms with Crippen molar-refractivity contribution in [3.8, 4) is 0 Å². The Kier molecular flexibility index (Phi) is 6.27. The molecule has 1 aromatic heterocycles. The lowest BCUT2D eigenvalue weighted by atomic mass is 10.1. The fourth-order valence-corrected chi connectivity index (χ4v) is 3.91. The van der Waals surface area contributed by atoms with E-state index in [0.29, 0.717) is 23.0 Å². The largest absolute Gasteiger partial charge is 0.416 e. The van der Waals surface area contributed by atoms with Crippen LogP contribution in [0, 0.1) is 0 Å². The molecule has 6 nitrogen and oxygen atoms in total. The highest BCUT2D eigenvalue weighted by Crippen LogP contribution is 2.29. The zero-order valence-electron chi connectivity index (χ0n) is 17.4. The molecule has 0 saturated carbocycles. The number of hydrogen-bond acceptors (Lipinski definition) is 4. The number of nitrogens with zero attached hydrogens (tertiary/aromatic N) is 3. The summed E-state index contributed by atoms with van der Waals surface area (Å²) in [6, 6.07) is 11.1. The van der Waals surface area contributed by atoms with E-state index in [1.807, 2.05) is 0 Å². The van der Waals surface area contributed by atoms with Gasteiger partial charge in [-0.1, -0.05) is 18.2 Å². The van der Waals surface area contributed by atoms with Crippen LogP contribution in [0.4, 0.5) is 13.2 Å². The van der Waals surface area contributed by atoms with Crippen molar-refractivity contribution >= 4 is 16.7 Å². The number of rotatable bonds is 6. The fraction of sp³-hybridized carbons (Fsp3) is 0.348. The maximum absolute atomic E-state index is 12.9. The molecule has 3 aromatic rings. The number of amides is 1. The number of alkyl halides is 3. The smallest absolute Gasteiger partial charge is 0.346 e. The number of likely N-dealkylation sites (tertiary alicyclic amines) is 1. The standard InChI is InChI=1S/C23H23F3N4O2/c24-23(25,26)17-9-7-16(8-10-17)21(31)27-15-20-18-5-1-2-6-19(18)22(32)30(28-20)14-13-29-11-3-4-12-29/h1-2,5-10H,3-4,11-15H2,(H,27,31). The van der Waals surface area contributed by atoms with Crippen LogP contribution < -0.4 is 10.9 Å². The van der Waals surface area contributed by atoms with Crippen LogP contribution in [0.2, 0.25) is 0 Å². The average Bonchev–Trinajstić information content (AvgIpc) is 3.31. The molecule has 0 aliphatic carbocycles. The maximum atomic E-state index is 12.9. The Hall–Kier alpha value is -3.20. The molecule has 0 atom stereocenters. The van der Waals surface area contributed by atoms with Gasteiger partial charge in [0.1, 0.15) is 0 Å². The molecule has 1 N–H and O–H groups in total. The quantitative estimate of drug-likeness (QED) is 0.633. The zero-order chi connectivity index (χ0) is 22.7. The summed E-state index contributed by atoms with van der Waals surface area (Å²) in [6.45, 7) is 3.24. The third kappa shape index (κ3) is 4.83. The van der Waals surface area contributed by atoms with Gasteiger partial charge in [0.15, 0.2) is 0 Å². The molecule has 4 rings (SSSR count). The second-order valence-electron chi connectivity index (χ2n) is 7.83. The van der Waals surface area contributed by atoms with E-state index in [4.69, 9.17) is 0 Å². The summed E-state index contributed by atoms with van der Waals surface area (Å²) in [5.41, 5.74) is -0.351. The topological polar surface area (TPSA) is 67.2 Å². The number of aromatic nitrogens is 2. The molecule has 32 heavy (non-hydrogen) atoms. The first-order valence-electron chi connectivity index (χ1n) is 10.5. The van der Waals surface area contributed by atoms with Crippen LogP contribution in [-0.4, -0.2) is 40.2 Å². The average molecular weight is 444 g/mol. The monoisotopic (exact) mass is 444 g/mol. The third-order valence-electron chi connectivity index (χ3n) is 5.66. The van der Waals surface area contributed by atoms with Gasteiger partial charge in [-0.05, 0) is 56.3 Å². The van der Waals surface area contributed by atoms with Crippen molar-refractivity contribution in [2.45, 2.75) is 32.1 Å². The third-order valence-corrected chi connectivity index (χ3v) is 5.66. The second kappa shape index (κ2) is 9.12. The Bertz CT molecular complexity index is 1170. The Morgan fingerprint density at radius 3 is 2.28 bits per heavy atom. The molecule has 1 aliphatic heterocycles. The van der Waals surface area contributed by atoms with Gasteiger partial charge in [-0.2, -0.15) is 18.3 Å². The van der Waals surface area contributed by atoms with Crippen LogP contribution in [0.15, 0.2) is 53.3 Å². The van der Waals surface area contributed by atoms with E-state index in [-0.39, 0.29) is 17.7 Å². The van der Waals surface area contributed by atoms with E-state index in [2.05, 4.69) is 15.3 Å². The molecule has 0 unspecified atom stereocenters. The second-order valence-corrected chi connectivity index (χ2v) is 7.83. The first-order valence-corrected chi connectivity index (χ1v) is 10.5. The summed E-state index contributed by atoms with van der Waals surface area (Å²) in [6.07, 6.45) is -2.15. The first-order chi connectivity index (χ1) is 15.3. The number of carbonyl (C=O) groups excluding carboxylic acids is 1. The summed E-state index contributed by atoms with van der Waals surface area (Å²) in [5.74, 6) is -0.514. The highest BCUT2D eigenvalue weighted by atomic mass is 19.4. The van der Waals surface area contributed by atoms with Crippen LogP contribution >= 0.6 is 0 Å². The Balaban J connectivity index is 1.53. The summed E-state index contributed by atoms with van der Waals surface area (Å²) in [4.78, 5) is 27.6. The highest BCUT2D eigenvalue weighted by Gasteiger charge is 2.30. The van der Waals surface area contributed by atoms with Gasteiger partial charge in [0.05, 0.1) is 29.7 Å². The molecule has 2 aromatic carbocycles. The molecule has 168 valence electrons. The van der Waals surface area contributed by atoms with Gasteiger partial charge in [0, 0.05) is 17.5 Å². The minimum atomic E-state index is -4.46. The number of hydrogen-bond donors (Lipinski definition) is 1. The SMILES string of the molecule is O=C(NCc1nn(CCN2CCCC2)c(=O)c2ccccc12)c1ccc(C(F)(F)F)cc1. The molecule has 2 heterocycles. The van der Waals surface area contributed by atoms with Crippen LogP contribution in [0.5, 0.6) is 0 Å². The predicted molar refractivity (Wildman–Crippen MR) is 114 cm³/mol. The summed E-state index contributed by atoms with van der Waals surface area (Å²) in [7, 11) is 0. The number of carbonyl (C=O) groups is 1. The normalized spacial score (nSPS) is 14.7. The molecule has 0 bridgehead atoms. The van der Waals surface area contributed by atoms with E-state index in [9.17, 15) is 22.8 Å². The van der Waals surface area contributed by atoms with Crippen molar-refractivity contribution in [3.63, 3.8) is 0 Å². The summed E-state index contributed by atoms with van der Waals surface area (Å²) >= 11 is 0. The minimum absolute atomic E-state index is 0.0460. The van der Waals surface area contributed by atoms with Crippen molar-refractivity contribution in [1.82, 2.24) is 20.0 Å². The zero-order valence-corrected chi connectivity index (χ0v) is 17.4. The van der Waals surface area contributed by atoms with Gasteiger partial charge in [-0.25, -0.2) is 4.68 Å². The Morgan fingerprint density at radius 2 is 1.62 bits per heavy atom. The summed E-state index contributed by atoms with van der Waals surface area (Å²) < 4.78 is 39.6. The number of halogens is 3. The van der Waals surface area contributed by atoms with E-state index in [1.165, 1.54) is 4.68 Å². The molecular formula is C23H23F3N4O2. The van der Waals surface area contributed by atoms with E-state index >= 15 is 0 Å². The van der Waals surface area contributed by atoms with Crippen LogP contribution in [0.3, 0.4) is 0 Å². The molecule has 0 radical (unpaired) electrons. The lowest BCUT2D eigenvalue weighted by Gasteiger charge is -2.16. The van der Waals surface area contributed by atoms with Crippen molar-refractivity contribution in [2.75, 3.05) is 19.6 Å². The van der Waals surface area contributed by atoms with Crippen molar-refractivity contribution in [2.24, 2.45) is 0 Å². The fourth-order valence-electron chi connectivity index (χ4n) is 3.91. The lowest BCUT2D eigenvalue weighted by molar-refractivity contribution is -0.137. The van der Waals surface area contributed by atoms with Crippen molar-refractivity contribution in [1.29, 1.82) is 0 Å². The van der Waals surface area contributed by atoms with Crippen LogP contribution in [0.1, 0.15) is 34.5 Å². The summed E-state index contributed by atoms with van der Waals surface area (Å²) in [5, 5.41) is 8.35. The van der Waals surface area contributed by atoms with Gasteiger partial charge in [0.25, 0.3) is 11.5 Å². The van der Waals surface area contributed by atoms with Gasteiger partial charge in [-0.3, -0.25) is 9.59 Å². The predicted octanol–water partition coefficient (Wildman–Crippen LogP) is 3.44. The van der Waals surface area contributed by atoms with E-state index < -0.39 is 17.6 Å². The van der Waals surface area contributed by atoms with Gasteiger partial charge < -0.3 is 10.2 Å². The molecule has 0 spiro atoms. The Labute approximate surface area is 182 Å². The molecule has 9 heteroatoms. The van der Waals surface area contributed by atoms with Gasteiger partial charge in [0.2, 0.25) is 0 Å². The molecule has 1 fully saturated rings. The number of fused-ring (bicyclic) bond motifs is 1. The first kappa shape index (κ1) is 22.0. The Morgan fingerprint density at radius 1 is 0.969 bits per heavy atom. The van der Waals surface area contributed by atoms with E-state index in [0.717, 1.165) is 56.7 Å².